The molecule has 33 heavy (non-hydrogen) atoms. The minimum atomic E-state index is -0.708. The van der Waals surface area contributed by atoms with E-state index in [4.69, 9.17) is 0 Å². The summed E-state index contributed by atoms with van der Waals surface area (Å²) in [4.78, 5) is 8.97. The van der Waals surface area contributed by atoms with Gasteiger partial charge in [0.2, 0.25) is 0 Å². The molecule has 0 unspecified atom stereocenters. The second-order valence-electron chi connectivity index (χ2n) is 8.94. The summed E-state index contributed by atoms with van der Waals surface area (Å²) in [5.74, 6) is 0.908. The first-order valence-corrected chi connectivity index (χ1v) is 12.5. The van der Waals surface area contributed by atoms with E-state index in [0.717, 1.165) is 41.5 Å². The summed E-state index contributed by atoms with van der Waals surface area (Å²) >= 11 is 0. The summed E-state index contributed by atoms with van der Waals surface area (Å²) in [6, 6.07) is 15.1. The number of benzene rings is 2. The molecule has 2 aromatic carbocycles. The lowest BCUT2D eigenvalue weighted by Gasteiger charge is -2.09. The Balaban J connectivity index is 1.39. The zero-order valence-corrected chi connectivity index (χ0v) is 19.8. The van der Waals surface area contributed by atoms with Crippen molar-refractivity contribution in [2.75, 3.05) is 0 Å². The van der Waals surface area contributed by atoms with E-state index in [1.54, 1.807) is 24.5 Å². The second-order valence-corrected chi connectivity index (χ2v) is 8.94. The number of halogens is 1. The molecule has 1 N–H and O–H groups in total. The Morgan fingerprint density at radius 2 is 1.27 bits per heavy atom. The van der Waals surface area contributed by atoms with Gasteiger partial charge in [-0.2, -0.15) is 0 Å². The normalized spacial score (nSPS) is 12.1. The van der Waals surface area contributed by atoms with Gasteiger partial charge in [0.25, 0.3) is 0 Å². The molecule has 0 amide bonds. The Morgan fingerprint density at radius 3 is 1.91 bits per heavy atom. The van der Waals surface area contributed by atoms with Crippen molar-refractivity contribution >= 4 is 0 Å². The largest absolute Gasteiger partial charge is 0.508 e. The van der Waals surface area contributed by atoms with E-state index < -0.39 is 6.17 Å². The molecule has 0 aliphatic carbocycles. The number of hydrogen-bond acceptors (Lipinski definition) is 3. The van der Waals surface area contributed by atoms with E-state index in [0.29, 0.717) is 18.7 Å². The fourth-order valence-electron chi connectivity index (χ4n) is 4.07. The van der Waals surface area contributed by atoms with Crippen LogP contribution in [0.25, 0.3) is 22.5 Å². The van der Waals surface area contributed by atoms with Gasteiger partial charge in [0.05, 0.1) is 0 Å². The molecule has 0 aliphatic rings. The number of aryl methyl sites for hydroxylation is 1. The lowest BCUT2D eigenvalue weighted by Crippen LogP contribution is -2.02. The van der Waals surface area contributed by atoms with Crippen molar-refractivity contribution in [1.29, 1.82) is 0 Å². The molecule has 0 saturated carbocycles. The molecule has 3 aromatic rings. The van der Waals surface area contributed by atoms with Crippen LogP contribution in [0.15, 0.2) is 60.9 Å². The Labute approximate surface area is 198 Å². The molecule has 0 spiro atoms. The summed E-state index contributed by atoms with van der Waals surface area (Å²) in [7, 11) is 0. The molecule has 3 rings (SSSR count). The number of hydrogen-bond donors (Lipinski definition) is 1. The summed E-state index contributed by atoms with van der Waals surface area (Å²) in [5.41, 5.74) is 3.97. The molecule has 0 aliphatic heterocycles. The average molecular weight is 449 g/mol. The van der Waals surface area contributed by atoms with Crippen LogP contribution in [0.4, 0.5) is 4.39 Å². The number of aromatic hydroxyl groups is 1. The number of alkyl halides is 1. The quantitative estimate of drug-likeness (QED) is 0.252. The first kappa shape index (κ1) is 24.9. The van der Waals surface area contributed by atoms with E-state index in [1.807, 2.05) is 24.3 Å². The maximum atomic E-state index is 14.3. The topological polar surface area (TPSA) is 46.0 Å². The standard InChI is InChI=1S/C29H37FN2O/c1-2-3-4-5-6-7-8-9-10-27(30)18-13-23-11-14-25(15-12-23)29-31-21-26(22-32-29)24-16-19-28(33)20-17-24/h11-12,14-17,19-22,27,33H,2-10,13,18H2,1H3/t27-/m0/s1. The molecule has 1 heterocycles. The zero-order chi connectivity index (χ0) is 23.3. The van der Waals surface area contributed by atoms with Gasteiger partial charge in [-0.3, -0.25) is 0 Å². The first-order valence-electron chi connectivity index (χ1n) is 12.5. The summed E-state index contributed by atoms with van der Waals surface area (Å²) in [6.07, 6.45) is 14.9. The number of phenolic OH excluding ortho intramolecular Hbond substituents is 1. The number of nitrogens with zero attached hydrogens (tertiary/aromatic N) is 2. The lowest BCUT2D eigenvalue weighted by molar-refractivity contribution is 0.287. The van der Waals surface area contributed by atoms with Gasteiger partial charge in [0.1, 0.15) is 11.9 Å². The first-order chi connectivity index (χ1) is 16.2. The Hall–Kier alpha value is -2.75. The smallest absolute Gasteiger partial charge is 0.159 e. The van der Waals surface area contributed by atoms with Crippen LogP contribution in [0, 0.1) is 0 Å². The van der Waals surface area contributed by atoms with Crippen LogP contribution in [0.1, 0.15) is 76.7 Å². The predicted octanol–water partition coefficient (Wildman–Crippen LogP) is 8.32. The van der Waals surface area contributed by atoms with Gasteiger partial charge in [-0.1, -0.05) is 94.7 Å². The van der Waals surface area contributed by atoms with Gasteiger partial charge >= 0.3 is 0 Å². The maximum Gasteiger partial charge on any atom is 0.159 e. The van der Waals surface area contributed by atoms with Crippen LogP contribution in [0.5, 0.6) is 5.75 Å². The molecule has 0 bridgehead atoms. The van der Waals surface area contributed by atoms with Crippen LogP contribution in [-0.4, -0.2) is 21.2 Å². The third-order valence-corrected chi connectivity index (χ3v) is 6.18. The number of rotatable bonds is 14. The van der Waals surface area contributed by atoms with E-state index in [-0.39, 0.29) is 5.75 Å². The third-order valence-electron chi connectivity index (χ3n) is 6.18. The summed E-state index contributed by atoms with van der Waals surface area (Å²) in [5, 5.41) is 9.42. The van der Waals surface area contributed by atoms with Gasteiger partial charge in [-0.15, -0.1) is 0 Å². The highest BCUT2D eigenvalue weighted by atomic mass is 19.1. The van der Waals surface area contributed by atoms with Crippen molar-refractivity contribution in [3.63, 3.8) is 0 Å². The molecule has 4 heteroatoms. The molecule has 3 nitrogen and oxygen atoms in total. The van der Waals surface area contributed by atoms with Crippen molar-refractivity contribution in [2.24, 2.45) is 0 Å². The fourth-order valence-corrected chi connectivity index (χ4v) is 4.07. The zero-order valence-electron chi connectivity index (χ0n) is 19.8. The van der Waals surface area contributed by atoms with E-state index in [1.165, 1.54) is 38.5 Å². The van der Waals surface area contributed by atoms with Crippen LogP contribution in [-0.2, 0) is 6.42 Å². The van der Waals surface area contributed by atoms with E-state index in [2.05, 4.69) is 29.0 Å². The Kier molecular flexibility index (Phi) is 10.3. The highest BCUT2D eigenvalue weighted by molar-refractivity contribution is 5.64. The monoisotopic (exact) mass is 448 g/mol. The molecular formula is C29H37FN2O. The second kappa shape index (κ2) is 13.7. The highest BCUT2D eigenvalue weighted by Gasteiger charge is 2.08. The van der Waals surface area contributed by atoms with Crippen molar-refractivity contribution in [3.8, 4) is 28.3 Å². The number of unbranched alkanes of at least 4 members (excludes halogenated alkanes) is 7. The molecular weight excluding hydrogens is 411 g/mol. The minimum Gasteiger partial charge on any atom is -0.508 e. The highest BCUT2D eigenvalue weighted by Crippen LogP contribution is 2.23. The van der Waals surface area contributed by atoms with Crippen molar-refractivity contribution in [2.45, 2.75) is 83.7 Å². The summed E-state index contributed by atoms with van der Waals surface area (Å²) < 4.78 is 14.3. The molecule has 0 saturated heterocycles. The van der Waals surface area contributed by atoms with Crippen molar-refractivity contribution in [3.05, 3.63) is 66.5 Å². The molecule has 176 valence electrons. The van der Waals surface area contributed by atoms with Crippen molar-refractivity contribution < 1.29 is 9.50 Å². The van der Waals surface area contributed by atoms with Crippen LogP contribution in [0.3, 0.4) is 0 Å². The molecule has 0 radical (unpaired) electrons. The number of aromatic nitrogens is 2. The van der Waals surface area contributed by atoms with E-state index >= 15 is 0 Å². The van der Waals surface area contributed by atoms with Gasteiger partial charge in [0.15, 0.2) is 5.82 Å². The molecule has 1 aromatic heterocycles. The number of phenols is 1. The van der Waals surface area contributed by atoms with Gasteiger partial charge < -0.3 is 5.11 Å². The summed E-state index contributed by atoms with van der Waals surface area (Å²) in [6.45, 7) is 2.24. The van der Waals surface area contributed by atoms with Gasteiger partial charge in [0, 0.05) is 23.5 Å². The lowest BCUT2D eigenvalue weighted by atomic mass is 10.0. The fraction of sp³-hybridized carbons (Fsp3) is 0.448. The Bertz CT molecular complexity index is 923. The predicted molar refractivity (Wildman–Crippen MR) is 135 cm³/mol. The van der Waals surface area contributed by atoms with Gasteiger partial charge in [-0.05, 0) is 42.5 Å². The van der Waals surface area contributed by atoms with E-state index in [9.17, 15) is 9.50 Å². The third kappa shape index (κ3) is 8.60. The van der Waals surface area contributed by atoms with Crippen molar-refractivity contribution in [1.82, 2.24) is 9.97 Å². The van der Waals surface area contributed by atoms with Crippen LogP contribution >= 0.6 is 0 Å². The van der Waals surface area contributed by atoms with Crippen LogP contribution < -0.4 is 0 Å². The average Bonchev–Trinajstić information content (AvgIpc) is 2.85. The van der Waals surface area contributed by atoms with Crippen LogP contribution in [0.2, 0.25) is 0 Å². The molecule has 0 fully saturated rings. The van der Waals surface area contributed by atoms with Gasteiger partial charge in [-0.25, -0.2) is 14.4 Å². The molecule has 1 atom stereocenters. The minimum absolute atomic E-state index is 0.239. The maximum absolute atomic E-state index is 14.3. The SMILES string of the molecule is CCCCCCCCCC[C@H](F)CCc1ccc(-c2ncc(-c3ccc(O)cc3)cn2)cc1. The Morgan fingerprint density at radius 1 is 0.697 bits per heavy atom.